The molecule has 0 N–H and O–H groups in total. The van der Waals surface area contributed by atoms with Crippen molar-refractivity contribution >= 4 is 31.0 Å². The minimum absolute atomic E-state index is 1.29. The molecule has 0 aliphatic carbocycles. The van der Waals surface area contributed by atoms with Crippen LogP contribution >= 0.6 is 0 Å². The minimum atomic E-state index is -2.75. The van der Waals surface area contributed by atoms with Crippen LogP contribution in [0.15, 0.2) is 121 Å². The van der Waals surface area contributed by atoms with Crippen LogP contribution in [0, 0.1) is 0 Å². The van der Waals surface area contributed by atoms with Gasteiger partial charge in [-0.05, 0) is 0 Å². The van der Waals surface area contributed by atoms with E-state index in [-0.39, 0.29) is 0 Å². The second kappa shape index (κ2) is 7.68. The van der Waals surface area contributed by atoms with Crippen LogP contribution in [0.1, 0.15) is 5.56 Å². The van der Waals surface area contributed by atoms with Gasteiger partial charge in [0.05, 0.1) is 0 Å². The summed E-state index contributed by atoms with van der Waals surface area (Å²) in [6.07, 6.45) is 0. The molecule has 0 aromatic heterocycles. The summed E-state index contributed by atoms with van der Waals surface area (Å²) in [7, 11) is 0. The average Bonchev–Trinajstić information content (AvgIpc) is 2.75. The van der Waals surface area contributed by atoms with Crippen molar-refractivity contribution in [1.82, 2.24) is 0 Å². The topological polar surface area (TPSA) is 0 Å². The Bertz CT molecular complexity index is 901. The number of hydrogen-bond acceptors (Lipinski definition) is 0. The molecule has 0 bridgehead atoms. The van der Waals surface area contributed by atoms with E-state index in [0.717, 1.165) is 0 Å². The van der Waals surface area contributed by atoms with Crippen LogP contribution in [0.2, 0.25) is 0 Å². The molecule has 0 aliphatic heterocycles. The first kappa shape index (κ1) is 16.8. The Labute approximate surface area is 157 Å². The molecule has 126 valence electrons. The summed E-state index contributed by atoms with van der Waals surface area (Å²) in [4.78, 5) is 2.55. The normalized spacial score (nSPS) is 11.1. The second-order valence-electron chi connectivity index (χ2n) is 6.27. The molecule has 4 rings (SSSR count). The zero-order valence-corrected chi connectivity index (χ0v) is 16.4. The second-order valence-corrected chi connectivity index (χ2v) is 13.1. The molecule has 0 aliphatic rings. The Morgan fingerprint density at radius 1 is 0.385 bits per heavy atom. The Morgan fingerprint density at radius 2 is 0.692 bits per heavy atom. The van der Waals surface area contributed by atoms with Crippen molar-refractivity contribution < 1.29 is 0 Å². The zero-order chi connectivity index (χ0) is 17.7. The maximum absolute atomic E-state index is 2.75. The van der Waals surface area contributed by atoms with Crippen LogP contribution in [0.3, 0.4) is 0 Å². The van der Waals surface area contributed by atoms with E-state index in [4.69, 9.17) is 0 Å². The maximum atomic E-state index is 2.55. The van der Waals surface area contributed by atoms with Gasteiger partial charge in [-0.3, -0.25) is 0 Å². The predicted octanol–water partition coefficient (Wildman–Crippen LogP) is 3.59. The molecule has 0 atom stereocenters. The Hall–Kier alpha value is -2.69. The molecule has 0 radical (unpaired) electrons. The van der Waals surface area contributed by atoms with Gasteiger partial charge in [-0.15, -0.1) is 0 Å². The first-order valence-electron chi connectivity index (χ1n) is 8.86. The van der Waals surface area contributed by atoms with E-state index in [1.54, 1.807) is 0 Å². The first-order valence-corrected chi connectivity index (χ1v) is 12.8. The number of hydrogen-bond donors (Lipinski definition) is 0. The van der Waals surface area contributed by atoms with Crippen molar-refractivity contribution in [2.75, 3.05) is 0 Å². The van der Waals surface area contributed by atoms with Crippen molar-refractivity contribution in [1.29, 1.82) is 0 Å². The molecule has 0 saturated carbocycles. The van der Waals surface area contributed by atoms with Gasteiger partial charge in [0.1, 0.15) is 0 Å². The van der Waals surface area contributed by atoms with Gasteiger partial charge in [-0.2, -0.15) is 0 Å². The molecular formula is C25H21As. The van der Waals surface area contributed by atoms with Crippen molar-refractivity contribution in [3.8, 4) is 0 Å². The first-order chi connectivity index (χ1) is 12.9. The van der Waals surface area contributed by atoms with Gasteiger partial charge in [-0.1, -0.05) is 0 Å². The van der Waals surface area contributed by atoms with Crippen LogP contribution in [-0.2, 0) is 0 Å². The van der Waals surface area contributed by atoms with Gasteiger partial charge in [0.2, 0.25) is 0 Å². The van der Waals surface area contributed by atoms with Crippen LogP contribution in [-0.4, -0.2) is 17.9 Å². The van der Waals surface area contributed by atoms with E-state index in [0.29, 0.717) is 0 Å². The summed E-state index contributed by atoms with van der Waals surface area (Å²) in [5, 5.41) is 0. The Balaban J connectivity index is 2.13. The monoisotopic (exact) mass is 396 g/mol. The van der Waals surface area contributed by atoms with Gasteiger partial charge in [0.25, 0.3) is 0 Å². The predicted molar refractivity (Wildman–Crippen MR) is 116 cm³/mol. The standard InChI is InChI=1S/C25H21As/c1-5-13-22(14-6-1)21-26(23-15-7-2-8-16-23,24-17-9-3-10-18-24)25-19-11-4-12-20-25/h1-21H. The van der Waals surface area contributed by atoms with Crippen LogP contribution in [0.5, 0.6) is 0 Å². The summed E-state index contributed by atoms with van der Waals surface area (Å²) in [6, 6.07) is 43.8. The molecule has 0 amide bonds. The summed E-state index contributed by atoms with van der Waals surface area (Å²) < 4.78 is 4.31. The fraction of sp³-hybridized carbons (Fsp3) is 0. The van der Waals surface area contributed by atoms with Gasteiger partial charge in [0, 0.05) is 0 Å². The summed E-state index contributed by atoms with van der Waals surface area (Å²) in [5.74, 6) is 0. The van der Waals surface area contributed by atoms with Crippen molar-refractivity contribution in [2.45, 2.75) is 0 Å². The van der Waals surface area contributed by atoms with E-state index in [1.165, 1.54) is 18.6 Å². The molecule has 1 heteroatoms. The molecular weight excluding hydrogens is 375 g/mol. The van der Waals surface area contributed by atoms with Crippen molar-refractivity contribution in [2.24, 2.45) is 0 Å². The van der Waals surface area contributed by atoms with Gasteiger partial charge < -0.3 is 0 Å². The molecule has 0 saturated heterocycles. The van der Waals surface area contributed by atoms with E-state index in [1.807, 2.05) is 0 Å². The van der Waals surface area contributed by atoms with E-state index in [9.17, 15) is 0 Å². The molecule has 4 aromatic rings. The van der Waals surface area contributed by atoms with Crippen LogP contribution < -0.4 is 13.1 Å². The van der Waals surface area contributed by atoms with E-state index < -0.39 is 13.1 Å². The quantitative estimate of drug-likeness (QED) is 0.463. The average molecular weight is 396 g/mol. The molecule has 0 spiro atoms. The molecule has 0 fully saturated rings. The van der Waals surface area contributed by atoms with Gasteiger partial charge in [-0.25, -0.2) is 0 Å². The third-order valence-corrected chi connectivity index (χ3v) is 13.1. The molecule has 0 heterocycles. The molecule has 0 unspecified atom stereocenters. The van der Waals surface area contributed by atoms with Crippen molar-refractivity contribution in [3.05, 3.63) is 127 Å². The summed E-state index contributed by atoms with van der Waals surface area (Å²) >= 11 is -2.75. The third-order valence-electron chi connectivity index (χ3n) is 4.63. The fourth-order valence-electron chi connectivity index (χ4n) is 3.42. The number of benzene rings is 4. The van der Waals surface area contributed by atoms with Gasteiger partial charge in [0.15, 0.2) is 0 Å². The van der Waals surface area contributed by atoms with E-state index >= 15 is 0 Å². The zero-order valence-electron chi connectivity index (χ0n) is 14.6. The SMILES string of the molecule is C(c1ccccc1)=[As](c1ccccc1)(c1ccccc1)c1ccccc1. The summed E-state index contributed by atoms with van der Waals surface area (Å²) in [5.41, 5.74) is 1.29. The fourth-order valence-corrected chi connectivity index (χ4v) is 11.6. The molecule has 26 heavy (non-hydrogen) atoms. The van der Waals surface area contributed by atoms with Gasteiger partial charge >= 0.3 is 158 Å². The van der Waals surface area contributed by atoms with E-state index in [2.05, 4.69) is 126 Å². The number of rotatable bonds is 4. The third kappa shape index (κ3) is 3.21. The molecule has 0 nitrogen and oxygen atoms in total. The Morgan fingerprint density at radius 3 is 1.04 bits per heavy atom. The van der Waals surface area contributed by atoms with Crippen LogP contribution in [0.4, 0.5) is 0 Å². The summed E-state index contributed by atoms with van der Waals surface area (Å²) in [6.45, 7) is 0. The molecule has 4 aromatic carbocycles. The Kier molecular flexibility index (Phi) is 4.95. The van der Waals surface area contributed by atoms with Crippen LogP contribution in [0.25, 0.3) is 0 Å². The van der Waals surface area contributed by atoms with Crippen molar-refractivity contribution in [3.63, 3.8) is 0 Å².